The van der Waals surface area contributed by atoms with Crippen molar-refractivity contribution in [2.24, 2.45) is 0 Å². The number of fused-ring (bicyclic) bond motifs is 1. The third-order valence-corrected chi connectivity index (χ3v) is 2.44. The van der Waals surface area contributed by atoms with Gasteiger partial charge in [-0.2, -0.15) is 0 Å². The van der Waals surface area contributed by atoms with Crippen LogP contribution in [0.25, 0.3) is 5.57 Å². The highest BCUT2D eigenvalue weighted by Gasteiger charge is 2.31. The summed E-state index contributed by atoms with van der Waals surface area (Å²) in [6.45, 7) is 1.89. The number of carbonyl (C=O) groups is 1. The Balaban J connectivity index is 2.44. The summed E-state index contributed by atoms with van der Waals surface area (Å²) in [6.07, 6.45) is -0.195. The number of nitrogens with zero attached hydrogens (tertiary/aromatic N) is 1. The minimum absolute atomic E-state index is 0.167. The number of esters is 1. The van der Waals surface area contributed by atoms with Gasteiger partial charge in [-0.25, -0.2) is 4.79 Å². The Morgan fingerprint density at radius 3 is 2.89 bits per heavy atom. The molecule has 0 aliphatic carbocycles. The molecule has 1 aromatic carbocycles. The first-order valence-corrected chi connectivity index (χ1v) is 5.42. The number of hydrogen-bond acceptors (Lipinski definition) is 5. The van der Waals surface area contributed by atoms with E-state index in [1.54, 1.807) is 31.2 Å². The van der Waals surface area contributed by atoms with E-state index in [0.717, 1.165) is 0 Å². The standard InChI is InChI=1S/C12H11NO5/c1-2-17-12(14)9-7-11(13(15)16)18-10-6-4-3-5-8(9)10/h3-7,11H,2H2,1H3. The van der Waals surface area contributed by atoms with Gasteiger partial charge in [-0.05, 0) is 13.0 Å². The van der Waals surface area contributed by atoms with Crippen molar-refractivity contribution >= 4 is 11.5 Å². The van der Waals surface area contributed by atoms with E-state index >= 15 is 0 Å². The lowest BCUT2D eigenvalue weighted by Gasteiger charge is -2.19. The van der Waals surface area contributed by atoms with Crippen LogP contribution in [0, 0.1) is 10.1 Å². The third kappa shape index (κ3) is 2.17. The molecule has 0 saturated heterocycles. The molecule has 0 saturated carbocycles. The predicted octanol–water partition coefficient (Wildman–Crippen LogP) is 1.63. The van der Waals surface area contributed by atoms with E-state index in [2.05, 4.69) is 0 Å². The first-order chi connectivity index (χ1) is 8.63. The maximum absolute atomic E-state index is 11.8. The highest BCUT2D eigenvalue weighted by molar-refractivity contribution is 6.17. The van der Waals surface area contributed by atoms with Crippen LogP contribution in [-0.2, 0) is 9.53 Å². The molecule has 0 spiro atoms. The quantitative estimate of drug-likeness (QED) is 0.462. The fourth-order valence-electron chi connectivity index (χ4n) is 1.68. The summed E-state index contributed by atoms with van der Waals surface area (Å²) < 4.78 is 10.0. The average molecular weight is 249 g/mol. The van der Waals surface area contributed by atoms with Crippen LogP contribution in [-0.4, -0.2) is 23.7 Å². The summed E-state index contributed by atoms with van der Waals surface area (Å²) in [5.74, 6) is -0.273. The van der Waals surface area contributed by atoms with Crippen molar-refractivity contribution in [1.82, 2.24) is 0 Å². The first kappa shape index (κ1) is 12.1. The number of rotatable bonds is 3. The fourth-order valence-corrected chi connectivity index (χ4v) is 1.68. The van der Waals surface area contributed by atoms with Gasteiger partial charge in [0.15, 0.2) is 0 Å². The van der Waals surface area contributed by atoms with Crippen LogP contribution in [0.3, 0.4) is 0 Å². The zero-order chi connectivity index (χ0) is 13.1. The van der Waals surface area contributed by atoms with E-state index < -0.39 is 17.1 Å². The molecule has 6 heteroatoms. The van der Waals surface area contributed by atoms with Crippen LogP contribution in [0.1, 0.15) is 12.5 Å². The Hall–Kier alpha value is -2.37. The van der Waals surface area contributed by atoms with Crippen LogP contribution in [0.2, 0.25) is 0 Å². The van der Waals surface area contributed by atoms with Gasteiger partial charge >= 0.3 is 12.2 Å². The molecular formula is C12H11NO5. The number of benzene rings is 1. The van der Waals surface area contributed by atoms with Crippen molar-refractivity contribution in [1.29, 1.82) is 0 Å². The maximum atomic E-state index is 11.8. The molecular weight excluding hydrogens is 238 g/mol. The van der Waals surface area contributed by atoms with E-state index in [0.29, 0.717) is 11.3 Å². The minimum atomic E-state index is -1.36. The smallest absolute Gasteiger partial charge is 0.375 e. The number of hydrogen-bond donors (Lipinski definition) is 0. The first-order valence-electron chi connectivity index (χ1n) is 5.42. The maximum Gasteiger partial charge on any atom is 0.375 e. The Kier molecular flexibility index (Phi) is 3.27. The van der Waals surface area contributed by atoms with Crippen LogP contribution in [0.5, 0.6) is 5.75 Å². The van der Waals surface area contributed by atoms with Crippen molar-refractivity contribution in [3.8, 4) is 5.75 Å². The number of nitro groups is 1. The summed E-state index contributed by atoms with van der Waals surface area (Å²) in [7, 11) is 0. The molecule has 0 radical (unpaired) electrons. The molecule has 0 bridgehead atoms. The van der Waals surface area contributed by atoms with Gasteiger partial charge in [0.05, 0.1) is 17.1 Å². The molecule has 0 fully saturated rings. The Labute approximate surface area is 103 Å². The van der Waals surface area contributed by atoms with Crippen LogP contribution in [0.4, 0.5) is 0 Å². The van der Waals surface area contributed by atoms with E-state index in [-0.39, 0.29) is 12.2 Å². The van der Waals surface area contributed by atoms with Gasteiger partial charge in [-0.15, -0.1) is 0 Å². The zero-order valence-electron chi connectivity index (χ0n) is 9.66. The molecule has 1 aromatic rings. The molecule has 1 heterocycles. The SMILES string of the molecule is CCOC(=O)C1=CC([N+](=O)[O-])Oc2ccccc21. The largest absolute Gasteiger partial charge is 0.462 e. The van der Waals surface area contributed by atoms with Gasteiger partial charge in [-0.1, -0.05) is 18.2 Å². The molecule has 1 aliphatic rings. The molecule has 18 heavy (non-hydrogen) atoms. The van der Waals surface area contributed by atoms with E-state index in [1.807, 2.05) is 0 Å². The lowest BCUT2D eigenvalue weighted by atomic mass is 10.0. The minimum Gasteiger partial charge on any atom is -0.462 e. The monoisotopic (exact) mass is 249 g/mol. The number of carbonyl (C=O) groups excluding carboxylic acids is 1. The summed E-state index contributed by atoms with van der Waals surface area (Å²) in [5.41, 5.74) is 0.675. The topological polar surface area (TPSA) is 78.7 Å². The summed E-state index contributed by atoms with van der Waals surface area (Å²) in [6, 6.07) is 6.65. The summed E-state index contributed by atoms with van der Waals surface area (Å²) >= 11 is 0. The van der Waals surface area contributed by atoms with E-state index in [4.69, 9.17) is 9.47 Å². The Bertz CT molecular complexity index is 523. The zero-order valence-corrected chi connectivity index (χ0v) is 9.66. The van der Waals surface area contributed by atoms with Gasteiger partial charge < -0.3 is 9.47 Å². The lowest BCUT2D eigenvalue weighted by Crippen LogP contribution is -2.28. The normalized spacial score (nSPS) is 17.2. The Morgan fingerprint density at radius 1 is 1.50 bits per heavy atom. The Morgan fingerprint density at radius 2 is 2.22 bits per heavy atom. The fraction of sp³-hybridized carbons (Fsp3) is 0.250. The second-order valence-corrected chi connectivity index (χ2v) is 3.59. The molecule has 0 N–H and O–H groups in total. The molecule has 1 aliphatic heterocycles. The second kappa shape index (κ2) is 4.87. The van der Waals surface area contributed by atoms with E-state index in [9.17, 15) is 14.9 Å². The van der Waals surface area contributed by atoms with Crippen LogP contribution >= 0.6 is 0 Å². The van der Waals surface area contributed by atoms with Crippen molar-refractivity contribution in [3.63, 3.8) is 0 Å². The number of para-hydroxylation sites is 1. The van der Waals surface area contributed by atoms with Gasteiger partial charge in [0.1, 0.15) is 5.75 Å². The molecule has 2 rings (SSSR count). The van der Waals surface area contributed by atoms with Crippen molar-refractivity contribution in [3.05, 3.63) is 46.0 Å². The summed E-state index contributed by atoms with van der Waals surface area (Å²) in [5, 5.41) is 10.8. The third-order valence-electron chi connectivity index (χ3n) is 2.44. The van der Waals surface area contributed by atoms with Crippen molar-refractivity contribution in [2.45, 2.75) is 13.2 Å². The average Bonchev–Trinajstić information content (AvgIpc) is 2.37. The molecule has 6 nitrogen and oxygen atoms in total. The highest BCUT2D eigenvalue weighted by atomic mass is 16.7. The van der Waals surface area contributed by atoms with Gasteiger partial charge in [0.2, 0.25) is 0 Å². The molecule has 1 atom stereocenters. The second-order valence-electron chi connectivity index (χ2n) is 3.59. The van der Waals surface area contributed by atoms with Crippen LogP contribution < -0.4 is 4.74 Å². The van der Waals surface area contributed by atoms with Gasteiger partial charge in [0, 0.05) is 11.6 Å². The van der Waals surface area contributed by atoms with Crippen molar-refractivity contribution in [2.75, 3.05) is 6.61 Å². The van der Waals surface area contributed by atoms with Gasteiger partial charge in [-0.3, -0.25) is 10.1 Å². The highest BCUT2D eigenvalue weighted by Crippen LogP contribution is 2.32. The molecule has 0 aromatic heterocycles. The van der Waals surface area contributed by atoms with E-state index in [1.165, 1.54) is 6.08 Å². The number of ether oxygens (including phenoxy) is 2. The molecule has 1 unspecified atom stereocenters. The summed E-state index contributed by atoms with van der Waals surface area (Å²) in [4.78, 5) is 21.9. The van der Waals surface area contributed by atoms with Crippen molar-refractivity contribution < 1.29 is 19.2 Å². The lowest BCUT2D eigenvalue weighted by molar-refractivity contribution is -0.548. The molecule has 94 valence electrons. The predicted molar refractivity (Wildman–Crippen MR) is 62.5 cm³/mol. The molecule has 0 amide bonds. The van der Waals surface area contributed by atoms with Crippen LogP contribution in [0.15, 0.2) is 30.3 Å². The van der Waals surface area contributed by atoms with Gasteiger partial charge in [0.25, 0.3) is 0 Å².